The van der Waals surface area contributed by atoms with Gasteiger partial charge in [0.05, 0.1) is 29.9 Å². The highest BCUT2D eigenvalue weighted by molar-refractivity contribution is 5.89. The van der Waals surface area contributed by atoms with Crippen LogP contribution in [-0.4, -0.2) is 37.1 Å². The SMILES string of the molecule is [2H]C([2H])([2H])OC(=O)[C@H]1Cc2c([nH]c3ccccc23)[C@H](c2ccc(C(=O)OC)cc2)N1. The monoisotopic (exact) mass is 367 g/mol. The summed E-state index contributed by atoms with van der Waals surface area (Å²) in [5.41, 5.74) is 3.96. The van der Waals surface area contributed by atoms with Crippen LogP contribution in [-0.2, 0) is 20.7 Å². The Morgan fingerprint density at radius 1 is 1.11 bits per heavy atom. The van der Waals surface area contributed by atoms with E-state index in [9.17, 15) is 9.59 Å². The molecule has 0 radical (unpaired) electrons. The van der Waals surface area contributed by atoms with Gasteiger partial charge in [0.15, 0.2) is 0 Å². The van der Waals surface area contributed by atoms with Gasteiger partial charge in [0.25, 0.3) is 0 Å². The summed E-state index contributed by atoms with van der Waals surface area (Å²) in [6, 6.07) is 13.3. The quantitative estimate of drug-likeness (QED) is 0.696. The number of benzene rings is 2. The summed E-state index contributed by atoms with van der Waals surface area (Å²) in [6.45, 7) is 0. The third-order valence-corrected chi connectivity index (χ3v) is 4.96. The third kappa shape index (κ3) is 2.98. The fourth-order valence-corrected chi connectivity index (χ4v) is 3.65. The molecule has 1 aliphatic rings. The van der Waals surface area contributed by atoms with Crippen LogP contribution in [0.1, 0.15) is 37.3 Å². The van der Waals surface area contributed by atoms with Crippen molar-refractivity contribution in [3.8, 4) is 0 Å². The predicted octanol–water partition coefficient (Wildman–Crippen LogP) is 2.73. The van der Waals surface area contributed by atoms with Crippen molar-refractivity contribution in [2.75, 3.05) is 14.1 Å². The topological polar surface area (TPSA) is 80.4 Å². The molecule has 27 heavy (non-hydrogen) atoms. The Kier molecular flexibility index (Phi) is 3.57. The van der Waals surface area contributed by atoms with Gasteiger partial charge in [-0.05, 0) is 29.3 Å². The first-order valence-electron chi connectivity index (χ1n) is 10.0. The number of carbonyl (C=O) groups is 2. The van der Waals surface area contributed by atoms with E-state index >= 15 is 0 Å². The fraction of sp³-hybridized carbons (Fsp3) is 0.238. The Hall–Kier alpha value is -3.12. The number of rotatable bonds is 3. The second kappa shape index (κ2) is 6.89. The summed E-state index contributed by atoms with van der Waals surface area (Å²) in [4.78, 5) is 27.7. The largest absolute Gasteiger partial charge is 0.468 e. The second-order valence-electron chi connectivity index (χ2n) is 6.45. The van der Waals surface area contributed by atoms with Crippen LogP contribution in [0.25, 0.3) is 10.9 Å². The maximum atomic E-state index is 12.5. The van der Waals surface area contributed by atoms with Gasteiger partial charge in [-0.15, -0.1) is 0 Å². The molecule has 0 saturated heterocycles. The van der Waals surface area contributed by atoms with Crippen LogP contribution in [0.15, 0.2) is 48.5 Å². The minimum absolute atomic E-state index is 0.297. The van der Waals surface area contributed by atoms with E-state index in [-0.39, 0.29) is 0 Å². The van der Waals surface area contributed by atoms with Crippen molar-refractivity contribution in [3.05, 3.63) is 70.9 Å². The fourth-order valence-electron chi connectivity index (χ4n) is 3.65. The van der Waals surface area contributed by atoms with Gasteiger partial charge in [0, 0.05) is 23.0 Å². The number of esters is 2. The van der Waals surface area contributed by atoms with E-state index in [1.165, 1.54) is 7.11 Å². The smallest absolute Gasteiger partial charge is 0.337 e. The van der Waals surface area contributed by atoms with Gasteiger partial charge in [0.1, 0.15) is 6.04 Å². The highest BCUT2D eigenvalue weighted by atomic mass is 16.5. The Labute approximate surface area is 160 Å². The Morgan fingerprint density at radius 3 is 2.63 bits per heavy atom. The lowest BCUT2D eigenvalue weighted by atomic mass is 9.90. The zero-order chi connectivity index (χ0) is 21.5. The molecule has 2 aromatic carbocycles. The van der Waals surface area contributed by atoms with Crippen LogP contribution in [0.3, 0.4) is 0 Å². The van der Waals surface area contributed by atoms with Gasteiger partial charge in [-0.25, -0.2) is 4.79 Å². The van der Waals surface area contributed by atoms with Gasteiger partial charge in [-0.3, -0.25) is 10.1 Å². The van der Waals surface area contributed by atoms with Gasteiger partial charge in [0.2, 0.25) is 0 Å². The summed E-state index contributed by atoms with van der Waals surface area (Å²) in [5.74, 6) is -1.27. The molecule has 1 aliphatic heterocycles. The molecule has 0 spiro atoms. The van der Waals surface area contributed by atoms with Crippen molar-refractivity contribution in [3.63, 3.8) is 0 Å². The number of H-pyrrole nitrogens is 1. The average Bonchev–Trinajstić information content (AvgIpc) is 3.10. The predicted molar refractivity (Wildman–Crippen MR) is 101 cm³/mol. The number of hydrogen-bond donors (Lipinski definition) is 2. The lowest BCUT2D eigenvalue weighted by Gasteiger charge is -2.30. The summed E-state index contributed by atoms with van der Waals surface area (Å²) in [7, 11) is -1.49. The number of ether oxygens (including phenoxy) is 2. The molecule has 0 bridgehead atoms. The van der Waals surface area contributed by atoms with E-state index in [1.54, 1.807) is 24.3 Å². The average molecular weight is 367 g/mol. The number of nitrogens with one attached hydrogen (secondary N) is 2. The number of hydrogen-bond acceptors (Lipinski definition) is 5. The minimum Gasteiger partial charge on any atom is -0.468 e. The zero-order valence-corrected chi connectivity index (χ0v) is 14.6. The molecule has 0 aliphatic carbocycles. The Bertz CT molecular complexity index is 1110. The number of aromatic amines is 1. The van der Waals surface area contributed by atoms with Crippen LogP contribution in [0.2, 0.25) is 0 Å². The molecular weight excluding hydrogens is 344 g/mol. The van der Waals surface area contributed by atoms with Crippen molar-refractivity contribution >= 4 is 22.8 Å². The maximum Gasteiger partial charge on any atom is 0.337 e. The Balaban J connectivity index is 1.75. The van der Waals surface area contributed by atoms with E-state index in [1.807, 2.05) is 24.3 Å². The molecule has 0 unspecified atom stereocenters. The molecule has 6 nitrogen and oxygen atoms in total. The van der Waals surface area contributed by atoms with Crippen LogP contribution in [0.4, 0.5) is 0 Å². The summed E-state index contributed by atoms with van der Waals surface area (Å²) in [5, 5.41) is 4.17. The minimum atomic E-state index is -2.81. The normalized spacial score (nSPS) is 20.9. The first-order chi connectivity index (χ1) is 14.3. The molecule has 0 amide bonds. The van der Waals surface area contributed by atoms with E-state index in [4.69, 9.17) is 8.85 Å². The molecule has 4 rings (SSSR count). The number of fused-ring (bicyclic) bond motifs is 3. The van der Waals surface area contributed by atoms with Crippen molar-refractivity contribution in [1.82, 2.24) is 10.3 Å². The molecule has 138 valence electrons. The maximum absolute atomic E-state index is 12.5. The molecule has 2 N–H and O–H groups in total. The van der Waals surface area contributed by atoms with Crippen molar-refractivity contribution in [2.24, 2.45) is 0 Å². The summed E-state index contributed by atoms with van der Waals surface area (Å²) in [6.07, 6.45) is 0.297. The first-order valence-corrected chi connectivity index (χ1v) is 8.53. The molecule has 6 heteroatoms. The van der Waals surface area contributed by atoms with Gasteiger partial charge in [-0.1, -0.05) is 30.3 Å². The number of aromatic nitrogens is 1. The van der Waals surface area contributed by atoms with Crippen LogP contribution in [0, 0.1) is 0 Å². The molecule has 2 heterocycles. The van der Waals surface area contributed by atoms with Gasteiger partial charge < -0.3 is 14.5 Å². The van der Waals surface area contributed by atoms with Crippen molar-refractivity contribution < 1.29 is 23.2 Å². The highest BCUT2D eigenvalue weighted by Crippen LogP contribution is 2.35. The Morgan fingerprint density at radius 2 is 1.89 bits per heavy atom. The van der Waals surface area contributed by atoms with Crippen molar-refractivity contribution in [2.45, 2.75) is 18.5 Å². The molecule has 0 saturated carbocycles. The molecule has 2 atom stereocenters. The number of methoxy groups -OCH3 is 2. The zero-order valence-electron chi connectivity index (χ0n) is 17.6. The summed E-state index contributed by atoms with van der Waals surface area (Å²) < 4.78 is 31.1. The van der Waals surface area contributed by atoms with Gasteiger partial charge in [-0.2, -0.15) is 0 Å². The number of para-hydroxylation sites is 1. The van der Waals surface area contributed by atoms with Crippen molar-refractivity contribution in [1.29, 1.82) is 0 Å². The van der Waals surface area contributed by atoms with E-state index < -0.39 is 31.1 Å². The standard InChI is InChI=1S/C21H20N2O4/c1-26-20(24)13-9-7-12(8-10-13)18-19-15(11-17(23-18)21(25)27-2)14-5-3-4-6-16(14)22-19/h3-10,17-18,22-23H,11H2,1-2H3/t17-,18+/m1/s1/i2D3. The van der Waals surface area contributed by atoms with Crippen LogP contribution in [0.5, 0.6) is 0 Å². The van der Waals surface area contributed by atoms with Gasteiger partial charge >= 0.3 is 11.9 Å². The van der Waals surface area contributed by atoms with Crippen LogP contribution < -0.4 is 5.32 Å². The molecule has 1 aromatic heterocycles. The summed E-state index contributed by atoms with van der Waals surface area (Å²) >= 11 is 0. The second-order valence-corrected chi connectivity index (χ2v) is 6.45. The highest BCUT2D eigenvalue weighted by Gasteiger charge is 2.34. The van der Waals surface area contributed by atoms with Crippen LogP contribution >= 0.6 is 0 Å². The third-order valence-electron chi connectivity index (χ3n) is 4.96. The lowest BCUT2D eigenvalue weighted by Crippen LogP contribution is -2.45. The molecular formula is C21H20N2O4. The van der Waals surface area contributed by atoms with E-state index in [2.05, 4.69) is 15.0 Å². The molecule has 0 fully saturated rings. The van der Waals surface area contributed by atoms with E-state index in [0.717, 1.165) is 27.7 Å². The lowest BCUT2D eigenvalue weighted by molar-refractivity contribution is -0.143. The van der Waals surface area contributed by atoms with E-state index in [0.29, 0.717) is 12.0 Å². The molecule has 3 aromatic rings. The number of carbonyl (C=O) groups excluding carboxylic acids is 2. The first kappa shape index (κ1) is 14.0.